The van der Waals surface area contributed by atoms with Crippen LogP contribution >= 0.6 is 0 Å². The first-order valence-corrected chi connectivity index (χ1v) is 5.52. The average Bonchev–Trinajstić information content (AvgIpc) is 2.24. The molecule has 0 aliphatic carbocycles. The zero-order valence-corrected chi connectivity index (χ0v) is 9.72. The van der Waals surface area contributed by atoms with E-state index in [0.717, 1.165) is 5.75 Å². The number of carboxylic acids is 1. The lowest BCUT2D eigenvalue weighted by Crippen LogP contribution is -2.22. The van der Waals surface area contributed by atoms with Crippen LogP contribution in [0.1, 0.15) is 20.3 Å². The van der Waals surface area contributed by atoms with Crippen LogP contribution in [0.15, 0.2) is 30.3 Å². The van der Waals surface area contributed by atoms with Crippen molar-refractivity contribution in [2.75, 3.05) is 6.61 Å². The van der Waals surface area contributed by atoms with Crippen LogP contribution in [0.2, 0.25) is 0 Å². The Labute approximate surface area is 96.1 Å². The van der Waals surface area contributed by atoms with Crippen LogP contribution in [0.5, 0.6) is 5.75 Å². The summed E-state index contributed by atoms with van der Waals surface area (Å²) >= 11 is 0. The second-order valence-corrected chi connectivity index (χ2v) is 4.14. The zero-order chi connectivity index (χ0) is 12.0. The van der Waals surface area contributed by atoms with E-state index in [9.17, 15) is 4.79 Å². The topological polar surface area (TPSA) is 46.5 Å². The highest BCUT2D eigenvalue weighted by Crippen LogP contribution is 2.16. The summed E-state index contributed by atoms with van der Waals surface area (Å²) in [4.78, 5) is 10.9. The fraction of sp³-hybridized carbons (Fsp3) is 0.462. The van der Waals surface area contributed by atoms with Gasteiger partial charge in [0, 0.05) is 0 Å². The molecule has 1 aromatic rings. The van der Waals surface area contributed by atoms with Crippen molar-refractivity contribution in [1.82, 2.24) is 0 Å². The third kappa shape index (κ3) is 3.93. The van der Waals surface area contributed by atoms with Gasteiger partial charge < -0.3 is 9.84 Å². The molecule has 16 heavy (non-hydrogen) atoms. The number of aliphatic carboxylic acids is 1. The Morgan fingerprint density at radius 2 is 1.94 bits per heavy atom. The average molecular weight is 222 g/mol. The number of rotatable bonds is 6. The maximum Gasteiger partial charge on any atom is 0.306 e. The molecule has 0 aromatic heterocycles. The van der Waals surface area contributed by atoms with Gasteiger partial charge in [-0.3, -0.25) is 4.79 Å². The van der Waals surface area contributed by atoms with Gasteiger partial charge in [-0.25, -0.2) is 0 Å². The van der Waals surface area contributed by atoms with Gasteiger partial charge in [0.2, 0.25) is 0 Å². The Kier molecular flexibility index (Phi) is 4.83. The number of hydrogen-bond acceptors (Lipinski definition) is 2. The lowest BCUT2D eigenvalue weighted by Gasteiger charge is -2.16. The molecule has 0 radical (unpaired) electrons. The molecule has 3 heteroatoms. The van der Waals surface area contributed by atoms with Gasteiger partial charge in [-0.1, -0.05) is 32.0 Å². The van der Waals surface area contributed by atoms with E-state index in [1.54, 1.807) is 0 Å². The van der Waals surface area contributed by atoms with E-state index in [4.69, 9.17) is 9.84 Å². The summed E-state index contributed by atoms with van der Waals surface area (Å²) in [6, 6.07) is 9.44. The summed E-state index contributed by atoms with van der Waals surface area (Å²) in [5.74, 6) is -0.150. The largest absolute Gasteiger partial charge is 0.494 e. The van der Waals surface area contributed by atoms with E-state index in [0.29, 0.717) is 13.0 Å². The number of ether oxygens (including phenoxy) is 1. The van der Waals surface area contributed by atoms with Gasteiger partial charge in [0.05, 0.1) is 12.5 Å². The van der Waals surface area contributed by atoms with Gasteiger partial charge in [-0.15, -0.1) is 0 Å². The van der Waals surface area contributed by atoms with Gasteiger partial charge in [-0.2, -0.15) is 0 Å². The molecule has 0 aliphatic rings. The highest BCUT2D eigenvalue weighted by Gasteiger charge is 2.20. The molecular weight excluding hydrogens is 204 g/mol. The quantitative estimate of drug-likeness (QED) is 0.805. The van der Waals surface area contributed by atoms with E-state index >= 15 is 0 Å². The molecule has 1 aromatic carbocycles. The third-order valence-corrected chi connectivity index (χ3v) is 2.56. The van der Waals surface area contributed by atoms with Crippen LogP contribution in [-0.2, 0) is 4.79 Å². The van der Waals surface area contributed by atoms with E-state index in [2.05, 4.69) is 0 Å². The van der Waals surface area contributed by atoms with Gasteiger partial charge in [0.15, 0.2) is 0 Å². The monoisotopic (exact) mass is 222 g/mol. The van der Waals surface area contributed by atoms with Crippen LogP contribution in [0.25, 0.3) is 0 Å². The SMILES string of the molecule is CC(C)C(CCOc1ccccc1)C(=O)O. The minimum absolute atomic E-state index is 0.136. The molecule has 0 saturated heterocycles. The molecule has 0 saturated carbocycles. The van der Waals surface area contributed by atoms with Crippen molar-refractivity contribution in [3.63, 3.8) is 0 Å². The van der Waals surface area contributed by atoms with Crippen molar-refractivity contribution < 1.29 is 14.6 Å². The molecule has 1 rings (SSSR count). The maximum absolute atomic E-state index is 10.9. The normalized spacial score (nSPS) is 12.4. The standard InChI is InChI=1S/C13H18O3/c1-10(2)12(13(14)15)8-9-16-11-6-4-3-5-7-11/h3-7,10,12H,8-9H2,1-2H3,(H,14,15). The first kappa shape index (κ1) is 12.6. The molecule has 0 bridgehead atoms. The van der Waals surface area contributed by atoms with Crippen molar-refractivity contribution in [1.29, 1.82) is 0 Å². The molecule has 1 atom stereocenters. The number of carbonyl (C=O) groups is 1. The Morgan fingerprint density at radius 3 is 2.44 bits per heavy atom. The molecule has 0 amide bonds. The second-order valence-electron chi connectivity index (χ2n) is 4.14. The lowest BCUT2D eigenvalue weighted by atomic mass is 9.93. The molecule has 3 nitrogen and oxygen atoms in total. The summed E-state index contributed by atoms with van der Waals surface area (Å²) in [5, 5.41) is 8.99. The van der Waals surface area contributed by atoms with E-state index < -0.39 is 5.97 Å². The third-order valence-electron chi connectivity index (χ3n) is 2.56. The molecule has 0 aliphatic heterocycles. The van der Waals surface area contributed by atoms with Crippen molar-refractivity contribution in [3.8, 4) is 5.75 Å². The zero-order valence-electron chi connectivity index (χ0n) is 9.72. The van der Waals surface area contributed by atoms with Crippen molar-refractivity contribution in [3.05, 3.63) is 30.3 Å². The Morgan fingerprint density at radius 1 is 1.31 bits per heavy atom. The maximum atomic E-state index is 10.9. The molecule has 1 unspecified atom stereocenters. The van der Waals surface area contributed by atoms with Crippen LogP contribution < -0.4 is 4.74 Å². The molecular formula is C13H18O3. The Bertz CT molecular complexity index is 319. The highest BCUT2D eigenvalue weighted by atomic mass is 16.5. The van der Waals surface area contributed by atoms with Crippen LogP contribution in [0, 0.1) is 11.8 Å². The molecule has 1 N–H and O–H groups in total. The molecule has 88 valence electrons. The van der Waals surface area contributed by atoms with Crippen LogP contribution in [0.3, 0.4) is 0 Å². The summed E-state index contributed by atoms with van der Waals surface area (Å²) in [6.07, 6.45) is 0.544. The second kappa shape index (κ2) is 6.16. The molecule has 0 heterocycles. The summed E-state index contributed by atoms with van der Waals surface area (Å²) in [6.45, 7) is 4.28. The molecule has 0 fully saturated rings. The van der Waals surface area contributed by atoms with E-state index in [1.165, 1.54) is 0 Å². The number of carboxylic acid groups (broad SMARTS) is 1. The fourth-order valence-electron chi connectivity index (χ4n) is 1.56. The predicted octanol–water partition coefficient (Wildman–Crippen LogP) is 2.81. The first-order valence-electron chi connectivity index (χ1n) is 5.52. The van der Waals surface area contributed by atoms with Crippen molar-refractivity contribution in [2.24, 2.45) is 11.8 Å². The smallest absolute Gasteiger partial charge is 0.306 e. The fourth-order valence-corrected chi connectivity index (χ4v) is 1.56. The number of para-hydroxylation sites is 1. The lowest BCUT2D eigenvalue weighted by molar-refractivity contribution is -0.143. The first-order chi connectivity index (χ1) is 7.61. The van der Waals surface area contributed by atoms with Crippen molar-refractivity contribution in [2.45, 2.75) is 20.3 Å². The van der Waals surface area contributed by atoms with Gasteiger partial charge in [-0.05, 0) is 24.5 Å². The van der Waals surface area contributed by atoms with Crippen LogP contribution in [-0.4, -0.2) is 17.7 Å². The summed E-state index contributed by atoms with van der Waals surface area (Å²) in [7, 11) is 0. The van der Waals surface area contributed by atoms with E-state index in [-0.39, 0.29) is 11.8 Å². The van der Waals surface area contributed by atoms with Gasteiger partial charge in [0.25, 0.3) is 0 Å². The minimum Gasteiger partial charge on any atom is -0.494 e. The van der Waals surface area contributed by atoms with E-state index in [1.807, 2.05) is 44.2 Å². The van der Waals surface area contributed by atoms with Crippen LogP contribution in [0.4, 0.5) is 0 Å². The Balaban J connectivity index is 2.37. The highest BCUT2D eigenvalue weighted by molar-refractivity contribution is 5.70. The summed E-state index contributed by atoms with van der Waals surface area (Å²) < 4.78 is 5.47. The predicted molar refractivity (Wildman–Crippen MR) is 62.5 cm³/mol. The Hall–Kier alpha value is -1.51. The summed E-state index contributed by atoms with van der Waals surface area (Å²) in [5.41, 5.74) is 0. The van der Waals surface area contributed by atoms with Crippen molar-refractivity contribution >= 4 is 5.97 Å². The number of hydrogen-bond donors (Lipinski definition) is 1. The van der Waals surface area contributed by atoms with Gasteiger partial charge in [0.1, 0.15) is 5.75 Å². The molecule has 0 spiro atoms. The van der Waals surface area contributed by atoms with Gasteiger partial charge >= 0.3 is 5.97 Å². The number of benzene rings is 1. The minimum atomic E-state index is -0.744.